The number of nitrogens with two attached hydrogens (primary N) is 2. The van der Waals surface area contributed by atoms with Crippen LogP contribution in [0.15, 0.2) is 51.3 Å². The summed E-state index contributed by atoms with van der Waals surface area (Å²) >= 11 is 6.45. The Balaban J connectivity index is 0.000000798. The number of carbonyl (C=O) groups excluding carboxylic acids is 1. The molecule has 214 valence electrons. The molecule has 1 aliphatic rings. The zero-order chi connectivity index (χ0) is 29.8. The molecule has 0 saturated heterocycles. The van der Waals surface area contributed by atoms with Crippen LogP contribution in [0.2, 0.25) is 5.02 Å². The van der Waals surface area contributed by atoms with Gasteiger partial charge in [0.25, 0.3) is 10.1 Å². The van der Waals surface area contributed by atoms with Gasteiger partial charge in [-0.2, -0.15) is 21.8 Å². The Morgan fingerprint density at radius 1 is 1.15 bits per heavy atom. The molecule has 1 amide bonds. The fraction of sp³-hybridized carbons (Fsp3) is 0.348. The molecule has 16 heteroatoms. The second kappa shape index (κ2) is 12.3. The van der Waals surface area contributed by atoms with E-state index in [0.717, 1.165) is 11.6 Å². The van der Waals surface area contributed by atoms with Crippen LogP contribution in [0, 0.1) is 6.92 Å². The van der Waals surface area contributed by atoms with Gasteiger partial charge in [-0.1, -0.05) is 17.7 Å². The first-order valence-corrected chi connectivity index (χ1v) is 14.8. The van der Waals surface area contributed by atoms with Crippen molar-refractivity contribution in [3.05, 3.63) is 52.5 Å². The molecule has 12 nitrogen and oxygen atoms in total. The number of aliphatic imine (C=N–C) groups is 2. The van der Waals surface area contributed by atoms with Crippen molar-refractivity contribution in [2.45, 2.75) is 51.1 Å². The van der Waals surface area contributed by atoms with Crippen LogP contribution < -0.4 is 21.7 Å². The van der Waals surface area contributed by atoms with E-state index in [2.05, 4.69) is 15.3 Å². The predicted molar refractivity (Wildman–Crippen MR) is 150 cm³/mol. The van der Waals surface area contributed by atoms with Crippen LogP contribution in [0.1, 0.15) is 38.3 Å². The van der Waals surface area contributed by atoms with Gasteiger partial charge in [-0.15, -0.1) is 3.89 Å². The summed E-state index contributed by atoms with van der Waals surface area (Å²) in [6, 6.07) is 9.16. The summed E-state index contributed by atoms with van der Waals surface area (Å²) in [6.45, 7) is 6.50. The number of nitrogens with one attached hydrogen (secondary N) is 1. The highest BCUT2D eigenvalue weighted by Gasteiger charge is 2.33. The Morgan fingerprint density at radius 2 is 1.77 bits per heavy atom. The Morgan fingerprint density at radius 3 is 2.26 bits per heavy atom. The third-order valence-electron chi connectivity index (χ3n) is 5.40. The fourth-order valence-electron chi connectivity index (χ4n) is 3.60. The number of guanidine groups is 2. The highest BCUT2D eigenvalue weighted by Crippen LogP contribution is 2.31. The van der Waals surface area contributed by atoms with E-state index < -0.39 is 30.9 Å². The number of aryl methyl sites for hydroxylation is 2. The molecule has 0 aromatic heterocycles. The molecular formula is C23H30ClFN6O6S2. The molecule has 0 radical (unpaired) electrons. The number of carbonyl (C=O) groups is 1. The van der Waals surface area contributed by atoms with Gasteiger partial charge in [0.15, 0.2) is 0 Å². The van der Waals surface area contributed by atoms with Gasteiger partial charge in [-0.25, -0.2) is 4.99 Å². The maximum Gasteiger partial charge on any atom is 0.332 e. The van der Waals surface area contributed by atoms with Gasteiger partial charge in [0.2, 0.25) is 17.8 Å². The van der Waals surface area contributed by atoms with Crippen LogP contribution >= 0.6 is 11.6 Å². The average molecular weight is 605 g/mol. The summed E-state index contributed by atoms with van der Waals surface area (Å²) < 4.78 is 62.3. The highest BCUT2D eigenvalue weighted by molar-refractivity contribution is 7.86. The molecule has 2 aromatic rings. The SMILES string of the molecule is CCS(=O)(=O)O.Cc1cc(NC(=O)CCc2ccc(N3C(N)=NC(N)=NC3(C)C)cc2Cl)ccc1S(=O)(=O)F. The van der Waals surface area contributed by atoms with E-state index in [4.69, 9.17) is 27.6 Å². The van der Waals surface area contributed by atoms with Crippen LogP contribution in [-0.4, -0.2) is 50.6 Å². The molecule has 3 rings (SSSR count). The Labute approximate surface area is 231 Å². The monoisotopic (exact) mass is 604 g/mol. The van der Waals surface area contributed by atoms with Crippen LogP contribution in [0.5, 0.6) is 0 Å². The molecule has 0 atom stereocenters. The lowest BCUT2D eigenvalue weighted by molar-refractivity contribution is -0.116. The number of rotatable bonds is 7. The summed E-state index contributed by atoms with van der Waals surface area (Å²) in [5.41, 5.74) is 13.0. The standard InChI is InChI=1S/C21H24ClFN6O3S.C2H6O3S/c1-12-10-14(6-8-17(12)33(23,31)32)26-18(30)9-5-13-4-7-15(11-16(13)22)29-20(25)27-19(24)28-21(29,2)3;1-2-6(3,4)5/h4,6-8,10-11H,5,9H2,1-3H3,(H,26,30)(H4,24,25,27,28);2H2,1H3,(H,3,4,5). The van der Waals surface area contributed by atoms with E-state index >= 15 is 0 Å². The Bertz CT molecular complexity index is 1530. The van der Waals surface area contributed by atoms with E-state index in [-0.39, 0.29) is 35.6 Å². The molecule has 39 heavy (non-hydrogen) atoms. The number of halogens is 2. The lowest BCUT2D eigenvalue weighted by Crippen LogP contribution is -2.54. The number of nitrogens with zero attached hydrogens (tertiary/aromatic N) is 3. The van der Waals surface area contributed by atoms with Crippen molar-refractivity contribution in [2.75, 3.05) is 16.0 Å². The smallest absolute Gasteiger partial charge is 0.332 e. The number of hydrogen-bond donors (Lipinski definition) is 4. The average Bonchev–Trinajstić information content (AvgIpc) is 2.76. The summed E-state index contributed by atoms with van der Waals surface area (Å²) in [4.78, 5) is 21.9. The number of amides is 1. The molecule has 1 heterocycles. The van der Waals surface area contributed by atoms with E-state index in [9.17, 15) is 25.5 Å². The highest BCUT2D eigenvalue weighted by atomic mass is 35.5. The lowest BCUT2D eigenvalue weighted by atomic mass is 10.1. The second-order valence-corrected chi connectivity index (χ2v) is 12.3. The van der Waals surface area contributed by atoms with Crippen LogP contribution in [0.25, 0.3) is 0 Å². The maximum absolute atomic E-state index is 13.2. The topological polar surface area (TPSA) is 198 Å². The quantitative estimate of drug-likeness (QED) is 0.271. The number of benzene rings is 2. The molecule has 0 saturated carbocycles. The summed E-state index contributed by atoms with van der Waals surface area (Å²) in [7, 11) is -8.48. The molecular weight excluding hydrogens is 575 g/mol. The van der Waals surface area contributed by atoms with E-state index in [1.165, 1.54) is 26.0 Å². The first-order chi connectivity index (χ1) is 17.8. The van der Waals surface area contributed by atoms with Crippen molar-refractivity contribution >= 4 is 61.1 Å². The van der Waals surface area contributed by atoms with E-state index in [1.54, 1.807) is 23.1 Å². The number of hydrogen-bond acceptors (Lipinski definition) is 10. The van der Waals surface area contributed by atoms with Gasteiger partial charge >= 0.3 is 10.2 Å². The van der Waals surface area contributed by atoms with Crippen molar-refractivity contribution in [3.8, 4) is 0 Å². The third-order valence-corrected chi connectivity index (χ3v) is 7.46. The normalized spacial score (nSPS) is 15.0. The zero-order valence-corrected chi connectivity index (χ0v) is 24.0. The van der Waals surface area contributed by atoms with Crippen molar-refractivity contribution in [1.29, 1.82) is 0 Å². The van der Waals surface area contributed by atoms with Gasteiger partial charge < -0.3 is 16.8 Å². The largest absolute Gasteiger partial charge is 0.369 e. The molecule has 6 N–H and O–H groups in total. The van der Waals surface area contributed by atoms with Gasteiger partial charge in [-0.3, -0.25) is 14.2 Å². The fourth-order valence-corrected chi connectivity index (χ4v) is 4.55. The first-order valence-electron chi connectivity index (χ1n) is 11.4. The van der Waals surface area contributed by atoms with Crippen molar-refractivity contribution < 1.29 is 30.1 Å². The van der Waals surface area contributed by atoms with E-state index in [0.29, 0.717) is 22.8 Å². The minimum atomic E-state index is -4.81. The molecule has 0 fully saturated rings. The molecule has 0 unspecified atom stereocenters. The number of anilines is 2. The molecule has 0 aliphatic carbocycles. The van der Waals surface area contributed by atoms with Gasteiger partial charge in [0, 0.05) is 22.8 Å². The maximum atomic E-state index is 13.2. The van der Waals surface area contributed by atoms with Crippen LogP contribution in [-0.2, 0) is 31.6 Å². The van der Waals surface area contributed by atoms with Crippen LogP contribution in [0.4, 0.5) is 15.3 Å². The second-order valence-electron chi connectivity index (χ2n) is 8.88. The van der Waals surface area contributed by atoms with Gasteiger partial charge in [0.1, 0.15) is 10.6 Å². The molecule has 2 aromatic carbocycles. The van der Waals surface area contributed by atoms with Crippen LogP contribution in [0.3, 0.4) is 0 Å². The summed E-state index contributed by atoms with van der Waals surface area (Å²) in [5, 5.41) is 3.11. The summed E-state index contributed by atoms with van der Waals surface area (Å²) in [5.74, 6) is -0.215. The lowest BCUT2D eigenvalue weighted by Gasteiger charge is -2.38. The predicted octanol–water partition coefficient (Wildman–Crippen LogP) is 2.96. The summed E-state index contributed by atoms with van der Waals surface area (Å²) in [6.07, 6.45) is 0.486. The zero-order valence-electron chi connectivity index (χ0n) is 21.6. The minimum Gasteiger partial charge on any atom is -0.369 e. The first kappa shape index (κ1) is 31.9. The van der Waals surface area contributed by atoms with Gasteiger partial charge in [0.05, 0.1) is 5.75 Å². The Hall–Kier alpha value is -3.27. The Kier molecular flexibility index (Phi) is 10.1. The third kappa shape index (κ3) is 9.16. The molecule has 1 aliphatic heterocycles. The van der Waals surface area contributed by atoms with Crippen molar-refractivity contribution in [2.24, 2.45) is 21.5 Å². The van der Waals surface area contributed by atoms with Crippen molar-refractivity contribution in [3.63, 3.8) is 0 Å². The van der Waals surface area contributed by atoms with Gasteiger partial charge in [-0.05, 0) is 75.6 Å². The molecule has 0 spiro atoms. The molecule has 0 bridgehead atoms. The van der Waals surface area contributed by atoms with E-state index in [1.807, 2.05) is 13.8 Å². The van der Waals surface area contributed by atoms with Crippen molar-refractivity contribution in [1.82, 2.24) is 0 Å². The minimum absolute atomic E-state index is 0.0960.